The molecule has 2 aromatic rings. The summed E-state index contributed by atoms with van der Waals surface area (Å²) in [6.45, 7) is 2.57. The fourth-order valence-corrected chi connectivity index (χ4v) is 2.89. The predicted molar refractivity (Wildman–Crippen MR) is 93.4 cm³/mol. The van der Waals surface area contributed by atoms with Crippen molar-refractivity contribution in [3.63, 3.8) is 0 Å². The lowest BCUT2D eigenvalue weighted by Gasteiger charge is -2.25. The van der Waals surface area contributed by atoms with Gasteiger partial charge in [-0.05, 0) is 43.5 Å². The molecule has 2 heterocycles. The molecule has 1 aromatic carbocycles. The molecule has 0 spiro atoms. The van der Waals surface area contributed by atoms with Gasteiger partial charge in [-0.15, -0.1) is 0 Å². The lowest BCUT2D eigenvalue weighted by molar-refractivity contribution is -0.117. The average Bonchev–Trinajstić information content (AvgIpc) is 3.42. The summed E-state index contributed by atoms with van der Waals surface area (Å²) in [6, 6.07) is 8.52. The van der Waals surface area contributed by atoms with Crippen LogP contribution >= 0.6 is 0 Å². The Labute approximate surface area is 145 Å². The van der Waals surface area contributed by atoms with Gasteiger partial charge in [-0.3, -0.25) is 4.79 Å². The highest BCUT2D eigenvalue weighted by molar-refractivity contribution is 5.94. The van der Waals surface area contributed by atoms with Gasteiger partial charge in [0.2, 0.25) is 11.8 Å². The first kappa shape index (κ1) is 15.9. The van der Waals surface area contributed by atoms with E-state index in [9.17, 15) is 9.18 Å². The van der Waals surface area contributed by atoms with Crippen LogP contribution in [0.5, 0.6) is 5.88 Å². The first-order chi connectivity index (χ1) is 12.1. The van der Waals surface area contributed by atoms with Gasteiger partial charge in [-0.25, -0.2) is 4.39 Å². The largest absolute Gasteiger partial charge is 0.474 e. The summed E-state index contributed by atoms with van der Waals surface area (Å²) in [4.78, 5) is 16.7. The summed E-state index contributed by atoms with van der Waals surface area (Å²) in [6.07, 6.45) is 2.41. The van der Waals surface area contributed by atoms with Crippen molar-refractivity contribution in [3.05, 3.63) is 47.3 Å². The lowest BCUT2D eigenvalue weighted by Crippen LogP contribution is -2.29. The molecule has 1 aliphatic heterocycles. The molecule has 1 fully saturated rings. The number of anilines is 2. The number of nitrogens with zero attached hydrogens (tertiary/aromatic N) is 1. The minimum absolute atomic E-state index is 0.00458. The lowest BCUT2D eigenvalue weighted by atomic mass is 10.0. The maximum atomic E-state index is 13.1. The number of pyridine rings is 1. The molecule has 5 nitrogen and oxygen atoms in total. The zero-order chi connectivity index (χ0) is 17.4. The van der Waals surface area contributed by atoms with Crippen molar-refractivity contribution in [2.45, 2.75) is 32.2 Å². The fourth-order valence-electron chi connectivity index (χ4n) is 2.89. The van der Waals surface area contributed by atoms with E-state index in [0.717, 1.165) is 29.7 Å². The van der Waals surface area contributed by atoms with E-state index < -0.39 is 0 Å². The molecule has 1 aliphatic carbocycles. The number of nitrogens with one attached hydrogen (secondary N) is 2. The minimum Gasteiger partial charge on any atom is -0.474 e. The van der Waals surface area contributed by atoms with Crippen LogP contribution in [0.1, 0.15) is 30.9 Å². The topological polar surface area (TPSA) is 63.2 Å². The van der Waals surface area contributed by atoms with Crippen LogP contribution in [0, 0.1) is 11.7 Å². The number of fused-ring (bicyclic) bond motifs is 1. The molecule has 1 amide bonds. The maximum Gasteiger partial charge on any atom is 0.239 e. The number of carbonyl (C=O) groups excluding carboxylic acids is 1. The van der Waals surface area contributed by atoms with E-state index in [1.165, 1.54) is 12.1 Å². The molecule has 1 unspecified atom stereocenters. The number of hydrogen-bond donors (Lipinski definition) is 2. The highest BCUT2D eigenvalue weighted by atomic mass is 19.1. The molecule has 0 radical (unpaired) electrons. The van der Waals surface area contributed by atoms with Crippen molar-refractivity contribution in [2.24, 2.45) is 5.92 Å². The summed E-state index contributed by atoms with van der Waals surface area (Å²) in [7, 11) is 0. The summed E-state index contributed by atoms with van der Waals surface area (Å²) < 4.78 is 18.8. The van der Waals surface area contributed by atoms with Gasteiger partial charge in [-0.1, -0.05) is 12.1 Å². The number of aromatic nitrogens is 1. The highest BCUT2D eigenvalue weighted by Gasteiger charge is 2.31. The monoisotopic (exact) mass is 341 g/mol. The van der Waals surface area contributed by atoms with Crippen molar-refractivity contribution in [1.82, 2.24) is 4.98 Å². The van der Waals surface area contributed by atoms with Crippen LogP contribution in [-0.2, 0) is 11.2 Å². The van der Waals surface area contributed by atoms with E-state index in [-0.39, 0.29) is 23.7 Å². The van der Waals surface area contributed by atoms with Gasteiger partial charge in [0.25, 0.3) is 0 Å². The van der Waals surface area contributed by atoms with Crippen LogP contribution in [-0.4, -0.2) is 23.5 Å². The minimum atomic E-state index is -0.265. The van der Waals surface area contributed by atoms with E-state index >= 15 is 0 Å². The zero-order valence-corrected chi connectivity index (χ0v) is 14.0. The SMILES string of the molecule is CC1COc2nc(NC(=O)C3CC3)c(Cc3ccc(F)cc3)cc2N1. The molecular formula is C19H20FN3O2. The van der Waals surface area contributed by atoms with Crippen molar-refractivity contribution in [1.29, 1.82) is 0 Å². The Morgan fingerprint density at radius 3 is 2.84 bits per heavy atom. The standard InChI is InChI=1S/C19H20FN3O2/c1-11-10-25-19-16(21-11)9-14(8-12-2-6-15(20)7-3-12)17(23-19)22-18(24)13-4-5-13/h2-3,6-7,9,11,13,21H,4-5,8,10H2,1H3,(H,22,23,24). The number of carbonyl (C=O) groups is 1. The third kappa shape index (κ3) is 3.57. The van der Waals surface area contributed by atoms with E-state index in [1.807, 2.05) is 13.0 Å². The van der Waals surface area contributed by atoms with Crippen LogP contribution < -0.4 is 15.4 Å². The summed E-state index contributed by atoms with van der Waals surface area (Å²) in [5.41, 5.74) is 2.65. The third-order valence-corrected chi connectivity index (χ3v) is 4.44. The maximum absolute atomic E-state index is 13.1. The van der Waals surface area contributed by atoms with E-state index in [2.05, 4.69) is 15.6 Å². The molecule has 2 aliphatic rings. The molecule has 1 atom stereocenters. The van der Waals surface area contributed by atoms with Gasteiger partial charge in [0, 0.05) is 17.9 Å². The molecule has 0 bridgehead atoms. The molecule has 1 aromatic heterocycles. The Morgan fingerprint density at radius 2 is 2.12 bits per heavy atom. The van der Waals surface area contributed by atoms with E-state index in [0.29, 0.717) is 24.7 Å². The predicted octanol–water partition coefficient (Wildman–Crippen LogP) is 3.35. The molecule has 0 saturated heterocycles. The average molecular weight is 341 g/mol. The van der Waals surface area contributed by atoms with Gasteiger partial charge in [-0.2, -0.15) is 4.98 Å². The van der Waals surface area contributed by atoms with Gasteiger partial charge >= 0.3 is 0 Å². The Bertz CT molecular complexity index is 803. The third-order valence-electron chi connectivity index (χ3n) is 4.44. The number of amides is 1. The molecule has 25 heavy (non-hydrogen) atoms. The smallest absolute Gasteiger partial charge is 0.239 e. The fraction of sp³-hybridized carbons (Fsp3) is 0.368. The molecule has 6 heteroatoms. The molecule has 4 rings (SSSR count). The number of benzene rings is 1. The van der Waals surface area contributed by atoms with Crippen LogP contribution in [0.3, 0.4) is 0 Å². The van der Waals surface area contributed by atoms with Crippen molar-refractivity contribution < 1.29 is 13.9 Å². The van der Waals surface area contributed by atoms with E-state index in [1.54, 1.807) is 12.1 Å². The Hall–Kier alpha value is -2.63. The molecule has 1 saturated carbocycles. The summed E-state index contributed by atoms with van der Waals surface area (Å²) >= 11 is 0. The van der Waals surface area contributed by atoms with Gasteiger partial charge in [0.05, 0.1) is 11.7 Å². The second kappa shape index (κ2) is 6.35. The highest BCUT2D eigenvalue weighted by Crippen LogP contribution is 2.34. The van der Waals surface area contributed by atoms with Crippen molar-refractivity contribution in [3.8, 4) is 5.88 Å². The summed E-state index contributed by atoms with van der Waals surface area (Å²) in [5, 5.41) is 6.28. The Morgan fingerprint density at radius 1 is 1.36 bits per heavy atom. The molecule has 2 N–H and O–H groups in total. The Kier molecular flexibility index (Phi) is 4.03. The second-order valence-corrected chi connectivity index (χ2v) is 6.77. The van der Waals surface area contributed by atoms with Gasteiger partial charge in [0.1, 0.15) is 18.2 Å². The number of rotatable bonds is 4. The van der Waals surface area contributed by atoms with Gasteiger partial charge < -0.3 is 15.4 Å². The molecular weight excluding hydrogens is 321 g/mol. The molecule has 130 valence electrons. The van der Waals surface area contributed by atoms with Crippen LogP contribution in [0.4, 0.5) is 15.9 Å². The zero-order valence-electron chi connectivity index (χ0n) is 14.0. The number of hydrogen-bond acceptors (Lipinski definition) is 4. The van der Waals surface area contributed by atoms with Crippen molar-refractivity contribution in [2.75, 3.05) is 17.2 Å². The van der Waals surface area contributed by atoms with Crippen LogP contribution in [0.2, 0.25) is 0 Å². The van der Waals surface area contributed by atoms with Crippen molar-refractivity contribution >= 4 is 17.4 Å². The second-order valence-electron chi connectivity index (χ2n) is 6.77. The summed E-state index contributed by atoms with van der Waals surface area (Å²) in [5.74, 6) is 0.863. The quantitative estimate of drug-likeness (QED) is 0.895. The number of halogens is 1. The van der Waals surface area contributed by atoms with E-state index in [4.69, 9.17) is 4.74 Å². The normalized spacial score (nSPS) is 18.7. The van der Waals surface area contributed by atoms with Crippen LogP contribution in [0.25, 0.3) is 0 Å². The first-order valence-corrected chi connectivity index (χ1v) is 8.57. The van der Waals surface area contributed by atoms with Crippen LogP contribution in [0.15, 0.2) is 30.3 Å². The van der Waals surface area contributed by atoms with Gasteiger partial charge in [0.15, 0.2) is 0 Å². The Balaban J connectivity index is 1.66. The first-order valence-electron chi connectivity index (χ1n) is 8.57. The number of ether oxygens (including phenoxy) is 1.